The van der Waals surface area contributed by atoms with Crippen LogP contribution >= 0.6 is 0 Å². The maximum Gasteiger partial charge on any atom is 0.227 e. The van der Waals surface area contributed by atoms with Crippen molar-refractivity contribution in [3.05, 3.63) is 428 Å². The second-order valence-electron chi connectivity index (χ2n) is 37.3. The summed E-state index contributed by atoms with van der Waals surface area (Å²) in [5.41, 5.74) is 24.0. The van der Waals surface area contributed by atoms with Gasteiger partial charge in [0.05, 0.1) is 42.6 Å². The average molecular weight is 1950 g/mol. The minimum atomic E-state index is -0.242. The van der Waals surface area contributed by atoms with Crippen LogP contribution in [0.4, 0.5) is 77.3 Å². The van der Waals surface area contributed by atoms with Gasteiger partial charge in [-0.3, -0.25) is 4.90 Å². The zero-order valence-corrected chi connectivity index (χ0v) is 81.1. The van der Waals surface area contributed by atoms with Gasteiger partial charge in [0.2, 0.25) is 23.8 Å². The molecule has 0 amide bonds. The van der Waals surface area contributed by atoms with Crippen molar-refractivity contribution in [2.24, 2.45) is 0 Å². The Labute approximate surface area is 840 Å². The number of hydrogen-bond acceptors (Lipinski definition) is 20. The maximum absolute atomic E-state index is 14.8. The molecule has 6 heterocycles. The van der Waals surface area contributed by atoms with E-state index < -0.39 is 0 Å². The lowest BCUT2D eigenvalue weighted by Crippen LogP contribution is -2.47. The Morgan fingerprint density at radius 1 is 0.303 bits per heavy atom. The molecule has 4 atom stereocenters. The summed E-state index contributed by atoms with van der Waals surface area (Å²) >= 11 is 0. The molecule has 2 aliphatic heterocycles. The number of likely N-dealkylation sites (N-methyl/N-ethyl adjacent to an activating group) is 1. The van der Waals surface area contributed by atoms with Crippen LogP contribution in [-0.4, -0.2) is 184 Å². The van der Waals surface area contributed by atoms with Crippen molar-refractivity contribution in [2.45, 2.75) is 75.2 Å². The SMILES string of the molecule is CN1CCN(CCc2cc(Nc3ncc4c(n3)-c3ccccc3[C@H](c3ccccc3F)C4)ccc2F)CC1.COCCN1CCN(CCc2cc(Nc3ncc4c(n3)-c3ccccc3[C@H](c3ccccc3F)C4)ccc2F)CC1.COCCNCCc1cc(Nc2ncc3c(n2)-c2ccccc2[C@H](c2ccccc2F)C3)ccc1F.OCc1cccc(Nc2ncc3c(n2)-c2ccccc2[C@H](c2ccccc2F)C3)c1. The number of halogens is 7. The Morgan fingerprint density at radius 2 is 0.600 bits per heavy atom. The quantitative estimate of drug-likeness (QED) is 0.0199. The molecule has 6 aliphatic rings. The standard InChI is InChI=1S/C33H35F2N5O.C31H31F2N5.C29H28F2N4O.C25H20FN3O/c1-41-19-18-40-16-14-39(15-17-40)13-12-23-20-25(10-11-30(23)34)37-33-36-22-24-21-29(27-7-4-5-9-31(27)35)26-6-2-3-8-28(26)32(24)38-33;1-37-14-16-38(17-15-37)13-12-21-18-23(10-11-28(21)32)35-31-34-20-22-19-27(25-7-4-5-9-29(25)33)24-6-2-3-8-26(24)30(22)36-31;1-36-15-14-32-13-12-19-16-21(10-11-26(19)30)34-29-33-18-20-17-25(23-7-4-5-9-27(23)31)22-6-2-3-8-24(22)28(20)35-29;26-23-11-4-3-9-20(23)22-13-17-14-27-25(28-18-7-5-6-16(12-18)15-30)29-24(17)21-10-2-1-8-19(21)22/h2-11,20,22,29H,12-19,21H2,1H3,(H,36,37,38);2-11,18,20,27H,12-17,19H2,1H3,(H,34,35,36);2-11,16,18,25,32H,12-15,17H2,1H3,(H,33,34,35);1-12,14,22,30H,13,15H2,(H,27,28,29)/t29-;27-;25-;22-/m1111/s1. The number of piperazine rings is 2. The Morgan fingerprint density at radius 3 is 0.924 bits per heavy atom. The highest BCUT2D eigenvalue weighted by Crippen LogP contribution is 2.48. The zero-order valence-electron chi connectivity index (χ0n) is 81.1. The molecule has 22 rings (SSSR count). The number of anilines is 8. The molecule has 6 N–H and O–H groups in total. The lowest BCUT2D eigenvalue weighted by molar-refractivity contribution is 0.0974. The molecule has 20 nitrogen and oxygen atoms in total. The highest BCUT2D eigenvalue weighted by atomic mass is 19.2. The first-order valence-corrected chi connectivity index (χ1v) is 49.5. The van der Waals surface area contributed by atoms with Crippen LogP contribution in [0, 0.1) is 40.7 Å². The van der Waals surface area contributed by atoms with Crippen molar-refractivity contribution in [2.75, 3.05) is 141 Å². The topological polar surface area (TPSA) is 215 Å². The second kappa shape index (κ2) is 46.8. The fourth-order valence-electron chi connectivity index (χ4n) is 20.3. The summed E-state index contributed by atoms with van der Waals surface area (Å²) in [6.07, 6.45) is 11.6. The summed E-state index contributed by atoms with van der Waals surface area (Å²) in [5.74, 6) is 0.0293. The number of rotatable bonds is 28. The van der Waals surface area contributed by atoms with E-state index in [1.54, 1.807) is 68.9 Å². The van der Waals surface area contributed by atoms with Gasteiger partial charge in [-0.05, 0) is 239 Å². The van der Waals surface area contributed by atoms with Gasteiger partial charge in [-0.25, -0.2) is 70.6 Å². The van der Waals surface area contributed by atoms with Gasteiger partial charge in [-0.1, -0.05) is 182 Å². The molecule has 0 saturated carbocycles. The van der Waals surface area contributed by atoms with E-state index in [-0.39, 0.29) is 71.0 Å². The number of aliphatic hydroxyl groups excluding tert-OH is 1. The molecular formula is C118H114F7N17O3. The van der Waals surface area contributed by atoms with Crippen molar-refractivity contribution >= 4 is 46.5 Å². The number of ether oxygens (including phenoxy) is 2. The molecule has 2 fully saturated rings. The molecule has 0 radical (unpaired) electrons. The summed E-state index contributed by atoms with van der Waals surface area (Å²) in [6, 6.07) is 82.6. The van der Waals surface area contributed by atoms with Gasteiger partial charge < -0.3 is 55.9 Å². The molecule has 0 unspecified atom stereocenters. The first-order valence-electron chi connectivity index (χ1n) is 49.5. The van der Waals surface area contributed by atoms with Crippen molar-refractivity contribution < 1.29 is 45.3 Å². The third-order valence-corrected chi connectivity index (χ3v) is 28.0. The van der Waals surface area contributed by atoms with E-state index in [4.69, 9.17) is 29.4 Å². The van der Waals surface area contributed by atoms with Gasteiger partial charge >= 0.3 is 0 Å². The number of nitrogens with one attached hydrogen (secondary N) is 5. The number of hydrogen-bond donors (Lipinski definition) is 6. The van der Waals surface area contributed by atoms with E-state index in [1.165, 1.54) is 42.5 Å². The Hall–Kier alpha value is -14.7. The van der Waals surface area contributed by atoms with Gasteiger partial charge in [-0.2, -0.15) is 0 Å². The van der Waals surface area contributed by atoms with Gasteiger partial charge in [0.15, 0.2) is 0 Å². The lowest BCUT2D eigenvalue weighted by Gasteiger charge is -2.34. The van der Waals surface area contributed by atoms with Gasteiger partial charge in [0.25, 0.3) is 0 Å². The molecule has 145 heavy (non-hydrogen) atoms. The third-order valence-electron chi connectivity index (χ3n) is 28.0. The predicted octanol–water partition coefficient (Wildman–Crippen LogP) is 22.1. The summed E-state index contributed by atoms with van der Waals surface area (Å²) in [4.78, 5) is 47.0. The summed E-state index contributed by atoms with van der Waals surface area (Å²) in [6.45, 7) is 13.4. The number of methoxy groups -OCH3 is 2. The van der Waals surface area contributed by atoms with Gasteiger partial charge in [0, 0.05) is 186 Å². The van der Waals surface area contributed by atoms with Crippen LogP contribution in [-0.2, 0) is 61.0 Å². The van der Waals surface area contributed by atoms with Crippen molar-refractivity contribution in [1.29, 1.82) is 0 Å². The second-order valence-corrected chi connectivity index (χ2v) is 37.3. The fourth-order valence-corrected chi connectivity index (χ4v) is 20.3. The van der Waals surface area contributed by atoms with E-state index in [0.717, 1.165) is 203 Å². The van der Waals surface area contributed by atoms with E-state index >= 15 is 0 Å². The largest absolute Gasteiger partial charge is 0.392 e. The van der Waals surface area contributed by atoms with Gasteiger partial charge in [-0.15, -0.1) is 0 Å². The number of aliphatic hydroxyl groups is 1. The van der Waals surface area contributed by atoms with E-state index in [2.05, 4.69) is 91.4 Å². The minimum absolute atomic E-state index is 0.0224. The monoisotopic (exact) mass is 1950 g/mol. The Kier molecular flexibility index (Phi) is 32.0. The van der Waals surface area contributed by atoms with Crippen molar-refractivity contribution in [1.82, 2.24) is 64.8 Å². The fraction of sp³-hybridized carbons (Fsp3) is 0.254. The van der Waals surface area contributed by atoms with Crippen LogP contribution in [0.3, 0.4) is 0 Å². The smallest absolute Gasteiger partial charge is 0.227 e. The molecule has 4 aromatic heterocycles. The van der Waals surface area contributed by atoms with Crippen molar-refractivity contribution in [3.63, 3.8) is 0 Å². The first kappa shape index (κ1) is 99.1. The molecular weight excluding hydrogens is 1840 g/mol. The summed E-state index contributed by atoms with van der Waals surface area (Å²) in [5, 5.41) is 25.6. The molecule has 12 aromatic carbocycles. The first-order chi connectivity index (χ1) is 71.0. The lowest BCUT2D eigenvalue weighted by atomic mass is 9.78. The van der Waals surface area contributed by atoms with E-state index in [1.807, 2.05) is 182 Å². The van der Waals surface area contributed by atoms with Gasteiger partial charge in [0.1, 0.15) is 40.7 Å². The zero-order chi connectivity index (χ0) is 99.7. The van der Waals surface area contributed by atoms with E-state index in [9.17, 15) is 35.8 Å². The number of aromatic nitrogens is 8. The van der Waals surface area contributed by atoms with Crippen LogP contribution in [0.5, 0.6) is 0 Å². The van der Waals surface area contributed by atoms with Crippen LogP contribution in [0.1, 0.15) is 113 Å². The van der Waals surface area contributed by atoms with Crippen LogP contribution in [0.2, 0.25) is 0 Å². The molecule has 0 spiro atoms. The number of nitrogens with zero attached hydrogens (tertiary/aromatic N) is 12. The van der Waals surface area contributed by atoms with Crippen LogP contribution in [0.25, 0.3) is 45.0 Å². The highest BCUT2D eigenvalue weighted by molar-refractivity contribution is 5.78. The van der Waals surface area contributed by atoms with E-state index in [0.29, 0.717) is 121 Å². The minimum Gasteiger partial charge on any atom is -0.392 e. The predicted molar refractivity (Wildman–Crippen MR) is 557 cm³/mol. The molecule has 2 saturated heterocycles. The number of fused-ring (bicyclic) bond motifs is 12. The Balaban J connectivity index is 0.000000123. The third kappa shape index (κ3) is 23.7. The molecule has 27 heteroatoms. The highest BCUT2D eigenvalue weighted by Gasteiger charge is 2.35. The van der Waals surface area contributed by atoms with Crippen molar-refractivity contribution in [3.8, 4) is 45.0 Å². The molecule has 0 bridgehead atoms. The maximum atomic E-state index is 14.8. The summed E-state index contributed by atoms with van der Waals surface area (Å²) < 4.78 is 113. The molecule has 16 aromatic rings. The van der Waals surface area contributed by atoms with Crippen LogP contribution < -0.4 is 26.6 Å². The summed E-state index contributed by atoms with van der Waals surface area (Å²) in [7, 11) is 5.52. The Bertz CT molecular complexity index is 7230. The van der Waals surface area contributed by atoms with Crippen LogP contribution in [0.15, 0.2) is 298 Å². The molecule has 4 aliphatic carbocycles. The normalized spacial score (nSPS) is 16.0. The molecule has 738 valence electrons. The number of benzene rings is 12. The average Bonchev–Trinajstić information content (AvgIpc) is 0.767.